The molecule has 1 saturated carbocycles. The molecule has 2 fully saturated rings. The van der Waals surface area contributed by atoms with Gasteiger partial charge in [0, 0.05) is 37.8 Å². The van der Waals surface area contributed by atoms with E-state index in [-0.39, 0.29) is 23.3 Å². The number of amides is 1. The van der Waals surface area contributed by atoms with Crippen molar-refractivity contribution < 1.29 is 14.1 Å². The van der Waals surface area contributed by atoms with Crippen LogP contribution in [0.25, 0.3) is 0 Å². The lowest BCUT2D eigenvalue weighted by atomic mass is 9.48. The first-order valence-corrected chi connectivity index (χ1v) is 7.35. The molecule has 2 heterocycles. The van der Waals surface area contributed by atoms with Gasteiger partial charge >= 0.3 is 0 Å². The number of aromatic nitrogens is 2. The number of nitrogens with zero attached hydrogens (tertiary/aromatic N) is 2. The Labute approximate surface area is 123 Å². The summed E-state index contributed by atoms with van der Waals surface area (Å²) in [5, 5.41) is 6.71. The molecule has 1 aliphatic carbocycles. The highest BCUT2D eigenvalue weighted by Gasteiger charge is 2.71. The molecule has 1 aromatic heterocycles. The maximum Gasteiger partial charge on any atom is 0.241 e. The predicted molar refractivity (Wildman–Crippen MR) is 74.3 cm³/mol. The number of hydrogen-bond acceptors (Lipinski definition) is 6. The van der Waals surface area contributed by atoms with Crippen molar-refractivity contribution in [3.05, 3.63) is 11.7 Å². The highest BCUT2D eigenvalue weighted by atomic mass is 16.5. The molecule has 21 heavy (non-hydrogen) atoms. The first-order chi connectivity index (χ1) is 9.87. The van der Waals surface area contributed by atoms with E-state index in [1.807, 2.05) is 13.8 Å². The Kier molecular flexibility index (Phi) is 3.29. The third-order valence-corrected chi connectivity index (χ3v) is 5.03. The first-order valence-electron chi connectivity index (χ1n) is 7.35. The second-order valence-corrected chi connectivity index (χ2v) is 6.51. The molecule has 0 bridgehead atoms. The number of carbonyl (C=O) groups is 1. The summed E-state index contributed by atoms with van der Waals surface area (Å²) in [6.45, 7) is 6.88. The molecule has 0 spiro atoms. The van der Waals surface area contributed by atoms with E-state index in [0.29, 0.717) is 31.3 Å². The maximum absolute atomic E-state index is 12.5. The molecule has 1 amide bonds. The summed E-state index contributed by atoms with van der Waals surface area (Å²) in [7, 11) is 0. The van der Waals surface area contributed by atoms with E-state index in [2.05, 4.69) is 15.5 Å². The van der Waals surface area contributed by atoms with Crippen molar-refractivity contribution >= 4 is 5.91 Å². The molecule has 7 nitrogen and oxygen atoms in total. The quantitative estimate of drug-likeness (QED) is 0.821. The lowest BCUT2D eigenvalue weighted by Gasteiger charge is -2.60. The zero-order valence-corrected chi connectivity index (χ0v) is 12.7. The lowest BCUT2D eigenvalue weighted by Crippen LogP contribution is -2.80. The van der Waals surface area contributed by atoms with E-state index >= 15 is 0 Å². The summed E-state index contributed by atoms with van der Waals surface area (Å²) >= 11 is 0. The third kappa shape index (κ3) is 1.98. The zero-order chi connectivity index (χ0) is 15.3. The topological polar surface area (TPSA) is 103 Å². The molecule has 1 saturated heterocycles. The number of aryl methyl sites for hydroxylation is 1. The number of fused-ring (bicyclic) bond motifs is 1. The van der Waals surface area contributed by atoms with Crippen molar-refractivity contribution in [3.8, 4) is 0 Å². The number of carbonyl (C=O) groups excluding carboxylic acids is 1. The van der Waals surface area contributed by atoms with Gasteiger partial charge in [0.1, 0.15) is 5.54 Å². The molecule has 3 atom stereocenters. The largest absolute Gasteiger partial charge is 0.377 e. The van der Waals surface area contributed by atoms with Gasteiger partial charge in [0.05, 0.1) is 6.10 Å². The van der Waals surface area contributed by atoms with Crippen molar-refractivity contribution in [1.29, 1.82) is 0 Å². The number of hydrogen-bond donors (Lipinski definition) is 2. The number of rotatable bonds is 4. The minimum absolute atomic E-state index is 0.0908. The molecule has 0 radical (unpaired) electrons. The van der Waals surface area contributed by atoms with E-state index in [0.717, 1.165) is 6.42 Å². The standard InChI is InChI=1S/C14H22N4O3/c1-8-17-10(18-21-8)4-6-16-12(19)14(15)9-5-7-20-11(9)13(14,2)3/h9,11H,4-7,15H2,1-3H3,(H,16,19). The summed E-state index contributed by atoms with van der Waals surface area (Å²) in [6, 6.07) is 0. The Morgan fingerprint density at radius 3 is 2.95 bits per heavy atom. The molecule has 3 rings (SSSR count). The fourth-order valence-electron chi connectivity index (χ4n) is 3.72. The van der Waals surface area contributed by atoms with E-state index < -0.39 is 5.54 Å². The molecule has 3 unspecified atom stereocenters. The molecular weight excluding hydrogens is 272 g/mol. The van der Waals surface area contributed by atoms with Crippen LogP contribution in [-0.4, -0.2) is 40.8 Å². The third-order valence-electron chi connectivity index (χ3n) is 5.03. The Morgan fingerprint density at radius 2 is 2.29 bits per heavy atom. The second-order valence-electron chi connectivity index (χ2n) is 6.51. The fraction of sp³-hybridized carbons (Fsp3) is 0.786. The highest BCUT2D eigenvalue weighted by Crippen LogP contribution is 2.58. The first kappa shape index (κ1) is 14.5. The number of nitrogens with one attached hydrogen (secondary N) is 1. The van der Waals surface area contributed by atoms with E-state index in [4.69, 9.17) is 15.0 Å². The van der Waals surface area contributed by atoms with Gasteiger partial charge in [0.25, 0.3) is 0 Å². The van der Waals surface area contributed by atoms with Crippen LogP contribution in [0.15, 0.2) is 4.52 Å². The van der Waals surface area contributed by atoms with Crippen LogP contribution < -0.4 is 11.1 Å². The lowest BCUT2D eigenvalue weighted by molar-refractivity contribution is -0.175. The van der Waals surface area contributed by atoms with Gasteiger partial charge in [0.15, 0.2) is 5.82 Å². The minimum atomic E-state index is -0.860. The Hall–Kier alpha value is -1.47. The molecule has 3 N–H and O–H groups in total. The van der Waals surface area contributed by atoms with Gasteiger partial charge in [-0.1, -0.05) is 19.0 Å². The second kappa shape index (κ2) is 4.78. The molecule has 2 aliphatic rings. The summed E-state index contributed by atoms with van der Waals surface area (Å²) < 4.78 is 10.6. The monoisotopic (exact) mass is 294 g/mol. The van der Waals surface area contributed by atoms with Crippen molar-refractivity contribution in [2.24, 2.45) is 17.1 Å². The predicted octanol–water partition coefficient (Wildman–Crippen LogP) is 0.179. The molecule has 7 heteroatoms. The van der Waals surface area contributed by atoms with Crippen molar-refractivity contribution in [2.75, 3.05) is 13.2 Å². The summed E-state index contributed by atoms with van der Waals surface area (Å²) in [5.74, 6) is 1.12. The molecular formula is C14H22N4O3. The average molecular weight is 294 g/mol. The van der Waals surface area contributed by atoms with Crippen LogP contribution in [0.1, 0.15) is 32.0 Å². The Morgan fingerprint density at radius 1 is 1.52 bits per heavy atom. The zero-order valence-electron chi connectivity index (χ0n) is 12.7. The summed E-state index contributed by atoms with van der Waals surface area (Å²) in [4.78, 5) is 16.7. The van der Waals surface area contributed by atoms with Crippen LogP contribution in [0.5, 0.6) is 0 Å². The Bertz CT molecular complexity index is 556. The van der Waals surface area contributed by atoms with Gasteiger partial charge in [-0.05, 0) is 6.42 Å². The van der Waals surface area contributed by atoms with Gasteiger partial charge in [0.2, 0.25) is 11.8 Å². The van der Waals surface area contributed by atoms with Crippen LogP contribution >= 0.6 is 0 Å². The SMILES string of the molecule is Cc1nc(CCNC(=O)C2(N)C3CCOC3C2(C)C)no1. The Balaban J connectivity index is 1.60. The van der Waals surface area contributed by atoms with E-state index in [1.165, 1.54) is 0 Å². The normalized spacial score (nSPS) is 33.3. The highest BCUT2D eigenvalue weighted by molar-refractivity contribution is 5.89. The van der Waals surface area contributed by atoms with Crippen LogP contribution in [0, 0.1) is 18.3 Å². The molecule has 1 aliphatic heterocycles. The smallest absolute Gasteiger partial charge is 0.241 e. The average Bonchev–Trinajstić information content (AvgIpc) is 3.05. The number of nitrogens with two attached hydrogens (primary N) is 1. The maximum atomic E-state index is 12.5. The van der Waals surface area contributed by atoms with Gasteiger partial charge < -0.3 is 20.3 Å². The molecule has 116 valence electrons. The number of ether oxygens (including phenoxy) is 1. The van der Waals surface area contributed by atoms with Gasteiger partial charge in [-0.3, -0.25) is 4.79 Å². The fourth-order valence-corrected chi connectivity index (χ4v) is 3.72. The van der Waals surface area contributed by atoms with Gasteiger partial charge in [-0.15, -0.1) is 0 Å². The van der Waals surface area contributed by atoms with Crippen LogP contribution in [0.3, 0.4) is 0 Å². The molecule has 0 aromatic carbocycles. The molecule has 1 aromatic rings. The van der Waals surface area contributed by atoms with Crippen molar-refractivity contribution in [2.45, 2.75) is 45.3 Å². The van der Waals surface area contributed by atoms with Gasteiger partial charge in [-0.25, -0.2) is 0 Å². The van der Waals surface area contributed by atoms with E-state index in [9.17, 15) is 4.79 Å². The summed E-state index contributed by atoms with van der Waals surface area (Å²) in [6.07, 6.45) is 1.47. The van der Waals surface area contributed by atoms with Crippen molar-refractivity contribution in [1.82, 2.24) is 15.5 Å². The van der Waals surface area contributed by atoms with Crippen LogP contribution in [-0.2, 0) is 16.0 Å². The van der Waals surface area contributed by atoms with Gasteiger partial charge in [-0.2, -0.15) is 4.98 Å². The van der Waals surface area contributed by atoms with Crippen LogP contribution in [0.4, 0.5) is 0 Å². The minimum Gasteiger partial charge on any atom is -0.377 e. The summed E-state index contributed by atoms with van der Waals surface area (Å²) in [5.41, 5.74) is 5.25. The van der Waals surface area contributed by atoms with Crippen molar-refractivity contribution in [3.63, 3.8) is 0 Å². The van der Waals surface area contributed by atoms with E-state index in [1.54, 1.807) is 6.92 Å². The van der Waals surface area contributed by atoms with Crippen LogP contribution in [0.2, 0.25) is 0 Å².